The maximum atomic E-state index is 6.29. The monoisotopic (exact) mass is 268 g/mol. The molecule has 0 amide bonds. The molecule has 2 N–H and O–H groups in total. The van der Waals surface area contributed by atoms with Crippen molar-refractivity contribution in [2.24, 2.45) is 11.7 Å². The van der Waals surface area contributed by atoms with Crippen LogP contribution in [0.15, 0.2) is 18.2 Å². The van der Waals surface area contributed by atoms with Crippen molar-refractivity contribution in [3.63, 3.8) is 0 Å². The zero-order valence-electron chi connectivity index (χ0n) is 9.95. The normalized spacial score (nSPS) is 14.7. The molecule has 0 aliphatic heterocycles. The van der Waals surface area contributed by atoms with Gasteiger partial charge in [0.1, 0.15) is 4.99 Å². The van der Waals surface area contributed by atoms with E-state index in [2.05, 4.69) is 11.8 Å². The Morgan fingerprint density at radius 1 is 1.53 bits per heavy atom. The largest absolute Gasteiger partial charge is 0.389 e. The molecule has 0 unspecified atom stereocenters. The van der Waals surface area contributed by atoms with Gasteiger partial charge in [0.2, 0.25) is 0 Å². The number of anilines is 1. The summed E-state index contributed by atoms with van der Waals surface area (Å²) in [5.41, 5.74) is 7.51. The molecule has 0 bridgehead atoms. The highest BCUT2D eigenvalue weighted by molar-refractivity contribution is 7.80. The molecular formula is C13H17ClN2S. The molecule has 1 saturated carbocycles. The Labute approximate surface area is 113 Å². The summed E-state index contributed by atoms with van der Waals surface area (Å²) in [6.07, 6.45) is 2.69. The summed E-state index contributed by atoms with van der Waals surface area (Å²) in [4.78, 5) is 2.72. The van der Waals surface area contributed by atoms with Crippen LogP contribution in [0.3, 0.4) is 0 Å². The van der Waals surface area contributed by atoms with Crippen molar-refractivity contribution < 1.29 is 0 Å². The molecule has 0 saturated heterocycles. The van der Waals surface area contributed by atoms with E-state index in [-0.39, 0.29) is 0 Å². The average Bonchev–Trinajstić information content (AvgIpc) is 3.10. The summed E-state index contributed by atoms with van der Waals surface area (Å²) in [6.45, 7) is 4.23. The first-order valence-corrected chi connectivity index (χ1v) is 6.74. The van der Waals surface area contributed by atoms with Crippen molar-refractivity contribution in [3.8, 4) is 0 Å². The quantitative estimate of drug-likeness (QED) is 0.832. The van der Waals surface area contributed by atoms with E-state index in [0.717, 1.165) is 35.3 Å². The van der Waals surface area contributed by atoms with Crippen LogP contribution in [0.25, 0.3) is 0 Å². The first-order chi connectivity index (χ1) is 8.11. The van der Waals surface area contributed by atoms with Crippen molar-refractivity contribution in [3.05, 3.63) is 28.8 Å². The van der Waals surface area contributed by atoms with Gasteiger partial charge in [0, 0.05) is 18.7 Å². The van der Waals surface area contributed by atoms with Crippen LogP contribution in [0.4, 0.5) is 5.69 Å². The molecule has 2 nitrogen and oxygen atoms in total. The topological polar surface area (TPSA) is 29.3 Å². The highest BCUT2D eigenvalue weighted by Gasteiger charge is 2.24. The number of rotatable bonds is 5. The third-order valence-corrected chi connectivity index (χ3v) is 3.67. The summed E-state index contributed by atoms with van der Waals surface area (Å²) in [5.74, 6) is 0.848. The van der Waals surface area contributed by atoms with Gasteiger partial charge in [-0.15, -0.1) is 0 Å². The van der Waals surface area contributed by atoms with E-state index in [1.54, 1.807) is 0 Å². The predicted molar refractivity (Wildman–Crippen MR) is 78.0 cm³/mol. The van der Waals surface area contributed by atoms with Gasteiger partial charge in [-0.3, -0.25) is 0 Å². The van der Waals surface area contributed by atoms with Crippen molar-refractivity contribution in [2.45, 2.75) is 19.8 Å². The number of nitrogens with zero attached hydrogens (tertiary/aromatic N) is 1. The second kappa shape index (κ2) is 5.23. The van der Waals surface area contributed by atoms with Gasteiger partial charge in [-0.1, -0.05) is 23.8 Å². The number of hydrogen-bond acceptors (Lipinski definition) is 2. The fourth-order valence-electron chi connectivity index (χ4n) is 1.93. The Morgan fingerprint density at radius 3 is 2.71 bits per heavy atom. The van der Waals surface area contributed by atoms with E-state index >= 15 is 0 Å². The first kappa shape index (κ1) is 12.7. The number of benzene rings is 1. The lowest BCUT2D eigenvalue weighted by Crippen LogP contribution is -2.25. The van der Waals surface area contributed by atoms with Gasteiger partial charge >= 0.3 is 0 Å². The van der Waals surface area contributed by atoms with E-state index in [9.17, 15) is 0 Å². The van der Waals surface area contributed by atoms with Crippen LogP contribution in [-0.4, -0.2) is 18.1 Å². The summed E-state index contributed by atoms with van der Waals surface area (Å²) < 4.78 is 0. The maximum absolute atomic E-state index is 6.29. The van der Waals surface area contributed by atoms with Crippen molar-refractivity contribution >= 4 is 34.5 Å². The Morgan fingerprint density at radius 2 is 2.24 bits per heavy atom. The molecule has 17 heavy (non-hydrogen) atoms. The molecule has 0 radical (unpaired) electrons. The van der Waals surface area contributed by atoms with Crippen LogP contribution in [0.2, 0.25) is 5.02 Å². The lowest BCUT2D eigenvalue weighted by Gasteiger charge is -2.24. The van der Waals surface area contributed by atoms with E-state index < -0.39 is 0 Å². The first-order valence-electron chi connectivity index (χ1n) is 5.96. The van der Waals surface area contributed by atoms with Gasteiger partial charge < -0.3 is 10.6 Å². The molecule has 0 heterocycles. The molecule has 0 atom stereocenters. The molecule has 0 aromatic heterocycles. The third-order valence-electron chi connectivity index (χ3n) is 3.13. The Balaban J connectivity index is 2.20. The SMILES string of the molecule is CCN(CC1CC1)c1ccc(C(N)=S)cc1Cl. The van der Waals surface area contributed by atoms with Crippen LogP contribution in [0.1, 0.15) is 25.3 Å². The lowest BCUT2D eigenvalue weighted by atomic mass is 10.2. The van der Waals surface area contributed by atoms with Gasteiger partial charge in [-0.2, -0.15) is 0 Å². The minimum atomic E-state index is 0.392. The Kier molecular flexibility index (Phi) is 3.89. The van der Waals surface area contributed by atoms with E-state index in [1.165, 1.54) is 12.8 Å². The van der Waals surface area contributed by atoms with E-state index in [1.807, 2.05) is 18.2 Å². The van der Waals surface area contributed by atoms with Gasteiger partial charge in [0.25, 0.3) is 0 Å². The number of hydrogen-bond donors (Lipinski definition) is 1. The molecule has 92 valence electrons. The molecule has 1 aromatic carbocycles. The molecule has 1 fully saturated rings. The third kappa shape index (κ3) is 3.11. The minimum Gasteiger partial charge on any atom is -0.389 e. The number of nitrogens with two attached hydrogens (primary N) is 1. The standard InChI is InChI=1S/C13H17ClN2S/c1-2-16(8-9-3-4-9)12-6-5-10(13(15)17)7-11(12)14/h5-7,9H,2-4,8H2,1H3,(H2,15,17). The van der Waals surface area contributed by atoms with Gasteiger partial charge in [0.05, 0.1) is 10.7 Å². The summed E-state index contributed by atoms with van der Waals surface area (Å²) in [7, 11) is 0. The van der Waals surface area contributed by atoms with Crippen LogP contribution in [-0.2, 0) is 0 Å². The maximum Gasteiger partial charge on any atom is 0.104 e. The minimum absolute atomic E-state index is 0.392. The van der Waals surface area contributed by atoms with Gasteiger partial charge in [-0.05, 0) is 43.9 Å². The molecule has 0 spiro atoms. The zero-order chi connectivity index (χ0) is 12.4. The summed E-state index contributed by atoms with van der Waals surface area (Å²) in [6, 6.07) is 5.82. The molecule has 1 aromatic rings. The van der Waals surface area contributed by atoms with Crippen LogP contribution in [0, 0.1) is 5.92 Å². The highest BCUT2D eigenvalue weighted by Crippen LogP contribution is 2.34. The molecular weight excluding hydrogens is 252 g/mol. The molecule has 1 aliphatic carbocycles. The fraction of sp³-hybridized carbons (Fsp3) is 0.462. The average molecular weight is 269 g/mol. The van der Waals surface area contributed by atoms with Gasteiger partial charge in [-0.25, -0.2) is 0 Å². The van der Waals surface area contributed by atoms with E-state index in [4.69, 9.17) is 29.6 Å². The van der Waals surface area contributed by atoms with Gasteiger partial charge in [0.15, 0.2) is 0 Å². The van der Waals surface area contributed by atoms with Crippen LogP contribution in [0.5, 0.6) is 0 Å². The van der Waals surface area contributed by atoms with Crippen molar-refractivity contribution in [2.75, 3.05) is 18.0 Å². The number of halogens is 1. The Bertz CT molecular complexity index is 429. The van der Waals surface area contributed by atoms with E-state index in [0.29, 0.717) is 4.99 Å². The fourth-order valence-corrected chi connectivity index (χ4v) is 2.35. The molecule has 4 heteroatoms. The summed E-state index contributed by atoms with van der Waals surface area (Å²) in [5, 5.41) is 0.734. The number of thiocarbonyl (C=S) groups is 1. The molecule has 1 aliphatic rings. The second-order valence-corrected chi connectivity index (χ2v) is 5.36. The highest BCUT2D eigenvalue weighted by atomic mass is 35.5. The van der Waals surface area contributed by atoms with Crippen LogP contribution >= 0.6 is 23.8 Å². The van der Waals surface area contributed by atoms with Crippen LogP contribution < -0.4 is 10.6 Å². The predicted octanol–water partition coefficient (Wildman–Crippen LogP) is 3.21. The van der Waals surface area contributed by atoms with Crippen molar-refractivity contribution in [1.82, 2.24) is 0 Å². The van der Waals surface area contributed by atoms with Crippen molar-refractivity contribution in [1.29, 1.82) is 0 Å². The smallest absolute Gasteiger partial charge is 0.104 e. The summed E-state index contributed by atoms with van der Waals surface area (Å²) >= 11 is 11.2. The second-order valence-electron chi connectivity index (χ2n) is 4.51. The molecule has 2 rings (SSSR count). The lowest BCUT2D eigenvalue weighted by molar-refractivity contribution is 0.742. The zero-order valence-corrected chi connectivity index (χ0v) is 11.5. The Hall–Kier alpha value is -0.800.